The smallest absolute Gasteiger partial charge is 0.306 e. The molecule has 0 N–H and O–H groups in total. The Hall–Kier alpha value is -0.930. The van der Waals surface area contributed by atoms with Gasteiger partial charge in [-0.15, -0.1) is 6.58 Å². The fraction of sp³-hybridized carbons (Fsp3) is 0.800. The summed E-state index contributed by atoms with van der Waals surface area (Å²) in [6, 6.07) is 0. The van der Waals surface area contributed by atoms with Crippen LogP contribution in [0.1, 0.15) is 39.5 Å². The average molecular weight is 382 g/mol. The summed E-state index contributed by atoms with van der Waals surface area (Å²) >= 11 is 0. The number of sulfone groups is 1. The van der Waals surface area contributed by atoms with Crippen LogP contribution in [0.2, 0.25) is 0 Å². The van der Waals surface area contributed by atoms with Gasteiger partial charge < -0.3 is 4.74 Å². The predicted molar refractivity (Wildman–Crippen MR) is 92.5 cm³/mol. The zero-order valence-electron chi connectivity index (χ0n) is 14.5. The number of piperidine rings is 1. The van der Waals surface area contributed by atoms with Crippen molar-refractivity contribution in [3.05, 3.63) is 12.7 Å². The van der Waals surface area contributed by atoms with Gasteiger partial charge in [0.2, 0.25) is 15.5 Å². The summed E-state index contributed by atoms with van der Waals surface area (Å²) in [6.45, 7) is 7.46. The molecule has 0 amide bonds. The van der Waals surface area contributed by atoms with Crippen LogP contribution in [-0.2, 0) is 29.4 Å². The molecule has 1 fully saturated rings. The zero-order valence-corrected chi connectivity index (χ0v) is 16.1. The summed E-state index contributed by atoms with van der Waals surface area (Å²) in [4.78, 5) is 11.5. The molecule has 1 rings (SSSR count). The van der Waals surface area contributed by atoms with E-state index >= 15 is 0 Å². The Bertz CT molecular complexity index is 647. The third-order valence-electron chi connectivity index (χ3n) is 4.30. The molecule has 0 aromatic rings. The van der Waals surface area contributed by atoms with E-state index in [0.717, 1.165) is 6.26 Å². The van der Waals surface area contributed by atoms with Crippen LogP contribution in [0.5, 0.6) is 0 Å². The SMILES string of the molecule is C=CC(C1CCN(S(C)(=O)=O)CC1)S(=O)(=O)C(CC)OC(=O)CC. The lowest BCUT2D eigenvalue weighted by atomic mass is 9.94. The normalized spacial score (nSPS) is 20.3. The maximum Gasteiger partial charge on any atom is 0.306 e. The maximum absolute atomic E-state index is 12.8. The molecule has 1 saturated heterocycles. The van der Waals surface area contributed by atoms with Crippen molar-refractivity contribution in [2.75, 3.05) is 19.3 Å². The number of carbonyl (C=O) groups is 1. The quantitative estimate of drug-likeness (QED) is 0.464. The second-order valence-electron chi connectivity index (χ2n) is 5.97. The van der Waals surface area contributed by atoms with Crippen LogP contribution in [0.25, 0.3) is 0 Å². The number of esters is 1. The Morgan fingerprint density at radius 1 is 1.25 bits per heavy atom. The molecule has 0 aliphatic carbocycles. The maximum atomic E-state index is 12.8. The molecule has 24 heavy (non-hydrogen) atoms. The number of rotatable bonds is 8. The molecular weight excluding hydrogens is 354 g/mol. The van der Waals surface area contributed by atoms with Gasteiger partial charge >= 0.3 is 5.97 Å². The Morgan fingerprint density at radius 2 is 1.79 bits per heavy atom. The van der Waals surface area contributed by atoms with Crippen molar-refractivity contribution in [3.63, 3.8) is 0 Å². The molecule has 2 atom stereocenters. The number of hydrogen-bond donors (Lipinski definition) is 0. The highest BCUT2D eigenvalue weighted by molar-refractivity contribution is 7.92. The first-order valence-electron chi connectivity index (χ1n) is 8.07. The summed E-state index contributed by atoms with van der Waals surface area (Å²) < 4.78 is 55.3. The first kappa shape index (κ1) is 21.1. The number of hydrogen-bond acceptors (Lipinski definition) is 6. The molecule has 0 radical (unpaired) electrons. The van der Waals surface area contributed by atoms with Gasteiger partial charge in [0.05, 0.1) is 11.5 Å². The summed E-state index contributed by atoms with van der Waals surface area (Å²) in [5.74, 6) is -0.792. The van der Waals surface area contributed by atoms with Crippen molar-refractivity contribution in [2.24, 2.45) is 5.92 Å². The van der Waals surface area contributed by atoms with E-state index in [-0.39, 0.29) is 31.8 Å². The van der Waals surface area contributed by atoms with Gasteiger partial charge in [-0.3, -0.25) is 4.79 Å². The molecule has 1 heterocycles. The average Bonchev–Trinajstić information content (AvgIpc) is 2.52. The van der Waals surface area contributed by atoms with Crippen molar-refractivity contribution in [1.29, 1.82) is 0 Å². The van der Waals surface area contributed by atoms with E-state index in [4.69, 9.17) is 4.74 Å². The molecule has 2 unspecified atom stereocenters. The first-order valence-corrected chi connectivity index (χ1v) is 11.5. The molecule has 7 nitrogen and oxygen atoms in total. The lowest BCUT2D eigenvalue weighted by Crippen LogP contribution is -2.44. The van der Waals surface area contributed by atoms with Crippen molar-refractivity contribution in [1.82, 2.24) is 4.31 Å². The van der Waals surface area contributed by atoms with Gasteiger partial charge in [-0.2, -0.15) is 0 Å². The van der Waals surface area contributed by atoms with E-state index in [0.29, 0.717) is 12.8 Å². The molecule has 1 aliphatic heterocycles. The fourth-order valence-electron chi connectivity index (χ4n) is 2.92. The molecular formula is C15H27NO6S2. The zero-order chi connectivity index (χ0) is 18.5. The van der Waals surface area contributed by atoms with Gasteiger partial charge in [0.15, 0.2) is 9.84 Å². The van der Waals surface area contributed by atoms with Crippen LogP contribution in [0.4, 0.5) is 0 Å². The highest BCUT2D eigenvalue weighted by atomic mass is 32.2. The predicted octanol–water partition coefficient (Wildman–Crippen LogP) is 1.32. The van der Waals surface area contributed by atoms with Gasteiger partial charge in [0, 0.05) is 19.5 Å². The molecule has 0 bridgehead atoms. The third kappa shape index (κ3) is 5.03. The number of sulfonamides is 1. The van der Waals surface area contributed by atoms with Crippen LogP contribution in [-0.4, -0.2) is 57.1 Å². The van der Waals surface area contributed by atoms with E-state index < -0.39 is 36.5 Å². The molecule has 1 aliphatic rings. The van der Waals surface area contributed by atoms with Crippen LogP contribution in [0.15, 0.2) is 12.7 Å². The van der Waals surface area contributed by atoms with Crippen LogP contribution >= 0.6 is 0 Å². The standard InChI is InChI=1S/C15H27NO6S2/c1-5-13(12-8-10-16(11-9-12)23(4,18)19)24(20,21)15(7-3)22-14(17)6-2/h5,12-13,15H,1,6-11H2,2-4H3. The number of nitrogens with zero attached hydrogens (tertiary/aromatic N) is 1. The van der Waals surface area contributed by atoms with E-state index in [1.165, 1.54) is 10.4 Å². The van der Waals surface area contributed by atoms with Crippen molar-refractivity contribution >= 4 is 25.8 Å². The van der Waals surface area contributed by atoms with Crippen molar-refractivity contribution in [2.45, 2.75) is 50.2 Å². The lowest BCUT2D eigenvalue weighted by Gasteiger charge is -2.34. The molecule has 9 heteroatoms. The Kier molecular flexibility index (Phi) is 7.43. The monoisotopic (exact) mass is 381 g/mol. The van der Waals surface area contributed by atoms with Crippen LogP contribution < -0.4 is 0 Å². The van der Waals surface area contributed by atoms with Crippen molar-refractivity contribution in [3.8, 4) is 0 Å². The highest BCUT2D eigenvalue weighted by Gasteiger charge is 2.40. The molecule has 0 aromatic heterocycles. The van der Waals surface area contributed by atoms with Gasteiger partial charge in [-0.05, 0) is 25.2 Å². The van der Waals surface area contributed by atoms with Gasteiger partial charge in [-0.1, -0.05) is 19.9 Å². The third-order valence-corrected chi connectivity index (χ3v) is 8.10. The Morgan fingerprint density at radius 3 is 2.17 bits per heavy atom. The number of carbonyl (C=O) groups excluding carboxylic acids is 1. The minimum atomic E-state index is -3.75. The summed E-state index contributed by atoms with van der Waals surface area (Å²) in [7, 11) is -7.02. The molecule has 0 saturated carbocycles. The minimum Gasteiger partial charge on any atom is -0.446 e. The summed E-state index contributed by atoms with van der Waals surface area (Å²) in [6.07, 6.45) is 3.66. The summed E-state index contributed by atoms with van der Waals surface area (Å²) in [5.41, 5.74) is -1.19. The molecule has 0 spiro atoms. The van der Waals surface area contributed by atoms with Gasteiger partial charge in [0.25, 0.3) is 0 Å². The second-order valence-corrected chi connectivity index (χ2v) is 10.2. The largest absolute Gasteiger partial charge is 0.446 e. The minimum absolute atomic E-state index is 0.109. The summed E-state index contributed by atoms with van der Waals surface area (Å²) in [5, 5.41) is -0.853. The van der Waals surface area contributed by atoms with E-state index in [2.05, 4.69) is 6.58 Å². The van der Waals surface area contributed by atoms with Gasteiger partial charge in [-0.25, -0.2) is 21.1 Å². The van der Waals surface area contributed by atoms with Crippen LogP contribution in [0.3, 0.4) is 0 Å². The molecule has 0 aromatic carbocycles. The first-order chi connectivity index (χ1) is 11.1. The highest BCUT2D eigenvalue weighted by Crippen LogP contribution is 2.30. The van der Waals surface area contributed by atoms with Crippen LogP contribution in [0, 0.1) is 5.92 Å². The Labute approximate surface area is 145 Å². The van der Waals surface area contributed by atoms with Crippen molar-refractivity contribution < 1.29 is 26.4 Å². The Balaban J connectivity index is 2.92. The molecule has 140 valence electrons. The fourth-order valence-corrected chi connectivity index (χ4v) is 5.93. The van der Waals surface area contributed by atoms with E-state index in [1.807, 2.05) is 0 Å². The topological polar surface area (TPSA) is 97.8 Å². The lowest BCUT2D eigenvalue weighted by molar-refractivity contribution is -0.145. The van der Waals surface area contributed by atoms with Gasteiger partial charge in [0.1, 0.15) is 0 Å². The number of ether oxygens (including phenoxy) is 1. The second kappa shape index (κ2) is 8.44. The van der Waals surface area contributed by atoms with E-state index in [9.17, 15) is 21.6 Å². The van der Waals surface area contributed by atoms with E-state index in [1.54, 1.807) is 13.8 Å².